The average Bonchev–Trinajstić information content (AvgIpc) is 2.46. The Morgan fingerprint density at radius 3 is 2.00 bits per heavy atom. The van der Waals surface area contributed by atoms with Crippen LogP contribution in [-0.2, 0) is 0 Å². The van der Waals surface area contributed by atoms with Gasteiger partial charge in [0.15, 0.2) is 0 Å². The lowest BCUT2D eigenvalue weighted by Gasteiger charge is -2.17. The van der Waals surface area contributed by atoms with Gasteiger partial charge < -0.3 is 4.90 Å². The first-order valence-corrected chi connectivity index (χ1v) is 6.71. The fourth-order valence-electron chi connectivity index (χ4n) is 2.02. The number of hydrogen-bond donors (Lipinski definition) is 0. The van der Waals surface area contributed by atoms with Gasteiger partial charge in [0, 0.05) is 25.5 Å². The van der Waals surface area contributed by atoms with E-state index in [9.17, 15) is 0 Å². The molecular formula is C18H20N2. The monoisotopic (exact) mass is 264 g/mol. The number of hydrogen-bond acceptors (Lipinski definition) is 2. The third-order valence-electron chi connectivity index (χ3n) is 2.96. The zero-order chi connectivity index (χ0) is 14.4. The van der Waals surface area contributed by atoms with Gasteiger partial charge in [0.2, 0.25) is 0 Å². The number of nitrogens with zero attached hydrogens (tertiary/aromatic N) is 2. The number of para-hydroxylation sites is 1. The normalized spacial score (nSPS) is 12.3. The van der Waals surface area contributed by atoms with Crippen molar-refractivity contribution < 1.29 is 0 Å². The molecule has 0 saturated carbocycles. The molecular weight excluding hydrogens is 244 g/mol. The van der Waals surface area contributed by atoms with Gasteiger partial charge in [0.05, 0.1) is 5.69 Å². The summed E-state index contributed by atoms with van der Waals surface area (Å²) in [5.74, 6) is 0. The molecule has 0 N–H and O–H groups in total. The molecule has 102 valence electrons. The Labute approximate surface area is 121 Å². The summed E-state index contributed by atoms with van der Waals surface area (Å²) in [5.41, 5.74) is 4.32. The topological polar surface area (TPSA) is 15.6 Å². The van der Waals surface area contributed by atoms with Crippen LogP contribution in [0.1, 0.15) is 12.5 Å². The second kappa shape index (κ2) is 6.71. The summed E-state index contributed by atoms with van der Waals surface area (Å²) in [6.07, 6.45) is 2.11. The molecule has 2 heteroatoms. The van der Waals surface area contributed by atoms with Crippen LogP contribution in [0.15, 0.2) is 71.7 Å². The largest absolute Gasteiger partial charge is 0.377 e. The summed E-state index contributed by atoms with van der Waals surface area (Å²) in [4.78, 5) is 6.73. The van der Waals surface area contributed by atoms with Crippen molar-refractivity contribution in [2.24, 2.45) is 4.99 Å². The molecule has 20 heavy (non-hydrogen) atoms. The van der Waals surface area contributed by atoms with Gasteiger partial charge in [-0.25, -0.2) is 0 Å². The molecule has 0 aliphatic rings. The Balaban J connectivity index is 2.32. The van der Waals surface area contributed by atoms with Crippen LogP contribution in [0, 0.1) is 0 Å². The van der Waals surface area contributed by atoms with Crippen LogP contribution in [0.25, 0.3) is 5.70 Å². The van der Waals surface area contributed by atoms with Gasteiger partial charge in [-0.1, -0.05) is 48.5 Å². The van der Waals surface area contributed by atoms with Crippen molar-refractivity contribution in [3.63, 3.8) is 0 Å². The van der Waals surface area contributed by atoms with Crippen molar-refractivity contribution in [3.05, 3.63) is 72.3 Å². The molecule has 0 aromatic heterocycles. The quantitative estimate of drug-likeness (QED) is 0.748. The van der Waals surface area contributed by atoms with Crippen molar-refractivity contribution in [2.75, 3.05) is 14.1 Å². The first kappa shape index (κ1) is 14.1. The molecule has 0 aliphatic carbocycles. The lowest BCUT2D eigenvalue weighted by Crippen LogP contribution is -2.11. The van der Waals surface area contributed by atoms with Crippen LogP contribution in [0.5, 0.6) is 0 Å². The van der Waals surface area contributed by atoms with Crippen molar-refractivity contribution in [1.29, 1.82) is 0 Å². The Morgan fingerprint density at radius 2 is 1.45 bits per heavy atom. The van der Waals surface area contributed by atoms with E-state index in [2.05, 4.69) is 54.3 Å². The average molecular weight is 264 g/mol. The lowest BCUT2D eigenvalue weighted by atomic mass is 10.1. The molecule has 0 heterocycles. The molecule has 0 saturated heterocycles. The molecule has 0 spiro atoms. The minimum Gasteiger partial charge on any atom is -0.377 e. The molecule has 0 bridgehead atoms. The summed E-state index contributed by atoms with van der Waals surface area (Å²) in [6.45, 7) is 2.03. The number of allylic oxidation sites excluding steroid dienone is 1. The highest BCUT2D eigenvalue weighted by Crippen LogP contribution is 2.17. The van der Waals surface area contributed by atoms with Gasteiger partial charge in [-0.05, 0) is 30.7 Å². The van der Waals surface area contributed by atoms with Crippen LogP contribution in [-0.4, -0.2) is 24.7 Å². The van der Waals surface area contributed by atoms with Crippen LogP contribution < -0.4 is 0 Å². The number of rotatable bonds is 4. The van der Waals surface area contributed by atoms with Crippen molar-refractivity contribution >= 4 is 17.1 Å². The third-order valence-corrected chi connectivity index (χ3v) is 2.96. The van der Waals surface area contributed by atoms with E-state index in [4.69, 9.17) is 0 Å². The molecule has 2 nitrogen and oxygen atoms in total. The zero-order valence-corrected chi connectivity index (χ0v) is 12.2. The van der Waals surface area contributed by atoms with Gasteiger partial charge >= 0.3 is 0 Å². The van der Waals surface area contributed by atoms with E-state index in [1.165, 1.54) is 5.56 Å². The molecule has 2 rings (SSSR count). The fourth-order valence-corrected chi connectivity index (χ4v) is 2.02. The highest BCUT2D eigenvalue weighted by atomic mass is 15.1. The first-order valence-electron chi connectivity index (χ1n) is 6.71. The Morgan fingerprint density at radius 1 is 0.900 bits per heavy atom. The molecule has 0 radical (unpaired) electrons. The molecule has 2 aromatic carbocycles. The minimum absolute atomic E-state index is 0.979. The summed E-state index contributed by atoms with van der Waals surface area (Å²) < 4.78 is 0. The van der Waals surface area contributed by atoms with E-state index < -0.39 is 0 Å². The minimum atomic E-state index is 0.979. The highest BCUT2D eigenvalue weighted by Gasteiger charge is 2.03. The number of aliphatic imine (C=N–C) groups is 1. The maximum atomic E-state index is 4.62. The Bertz CT molecular complexity index is 596. The van der Waals surface area contributed by atoms with Gasteiger partial charge in [0.25, 0.3) is 0 Å². The Kier molecular flexibility index (Phi) is 4.72. The lowest BCUT2D eigenvalue weighted by molar-refractivity contribution is 0.592. The van der Waals surface area contributed by atoms with Gasteiger partial charge in [0.1, 0.15) is 0 Å². The smallest absolute Gasteiger partial charge is 0.0632 e. The van der Waals surface area contributed by atoms with E-state index in [1.54, 1.807) is 0 Å². The Hall–Kier alpha value is -2.35. The van der Waals surface area contributed by atoms with E-state index >= 15 is 0 Å². The molecule has 0 atom stereocenters. The maximum absolute atomic E-state index is 4.62. The van der Waals surface area contributed by atoms with Gasteiger partial charge in [-0.2, -0.15) is 0 Å². The maximum Gasteiger partial charge on any atom is 0.0632 e. The summed E-state index contributed by atoms with van der Waals surface area (Å²) in [7, 11) is 4.10. The SMILES string of the molecule is CC(/C=C(/c1ccccc1)N(C)C)=Nc1ccccc1. The second-order valence-corrected chi connectivity index (χ2v) is 4.88. The van der Waals surface area contributed by atoms with Crippen LogP contribution in [0.3, 0.4) is 0 Å². The molecule has 0 amide bonds. The van der Waals surface area contributed by atoms with Crippen molar-refractivity contribution in [1.82, 2.24) is 4.90 Å². The third kappa shape index (κ3) is 3.82. The zero-order valence-electron chi connectivity index (χ0n) is 12.2. The summed E-state index contributed by atoms with van der Waals surface area (Å²) >= 11 is 0. The van der Waals surface area contributed by atoms with Crippen molar-refractivity contribution in [2.45, 2.75) is 6.92 Å². The van der Waals surface area contributed by atoms with E-state index in [0.29, 0.717) is 0 Å². The van der Waals surface area contributed by atoms with Crippen LogP contribution in [0.4, 0.5) is 5.69 Å². The molecule has 0 aliphatic heterocycles. The van der Waals surface area contributed by atoms with Crippen molar-refractivity contribution in [3.8, 4) is 0 Å². The number of benzene rings is 2. The van der Waals surface area contributed by atoms with E-state index in [0.717, 1.165) is 17.1 Å². The van der Waals surface area contributed by atoms with Gasteiger partial charge in [-0.15, -0.1) is 0 Å². The summed E-state index contributed by atoms with van der Waals surface area (Å²) in [6, 6.07) is 20.4. The fraction of sp³-hybridized carbons (Fsp3) is 0.167. The first-order chi connectivity index (χ1) is 9.66. The highest BCUT2D eigenvalue weighted by molar-refractivity contribution is 6.00. The predicted molar refractivity (Wildman–Crippen MR) is 87.3 cm³/mol. The molecule has 0 fully saturated rings. The van der Waals surface area contributed by atoms with Crippen LogP contribution >= 0.6 is 0 Å². The van der Waals surface area contributed by atoms with E-state index in [-0.39, 0.29) is 0 Å². The summed E-state index contributed by atoms with van der Waals surface area (Å²) in [5, 5.41) is 0. The van der Waals surface area contributed by atoms with Crippen LogP contribution in [0.2, 0.25) is 0 Å². The van der Waals surface area contributed by atoms with Gasteiger partial charge in [-0.3, -0.25) is 4.99 Å². The van der Waals surface area contributed by atoms with E-state index in [1.807, 2.05) is 43.3 Å². The second-order valence-electron chi connectivity index (χ2n) is 4.88. The molecule has 0 unspecified atom stereocenters. The molecule has 2 aromatic rings. The standard InChI is InChI=1S/C18H20N2/c1-15(19-17-12-8-5-9-13-17)14-18(20(2)3)16-10-6-4-7-11-16/h4-14H,1-3H3/b18-14-,19-15?. The predicted octanol–water partition coefficient (Wildman–Crippen LogP) is 4.38.